The normalized spacial score (nSPS) is 17.0. The summed E-state index contributed by atoms with van der Waals surface area (Å²) in [7, 11) is 1.54. The van der Waals surface area contributed by atoms with E-state index >= 15 is 0 Å². The number of carbonyl (C=O) groups is 9. The van der Waals surface area contributed by atoms with E-state index in [0.29, 0.717) is 28.3 Å². The van der Waals surface area contributed by atoms with E-state index in [-0.39, 0.29) is 114 Å². The third-order valence-electron chi connectivity index (χ3n) is 14.0. The van der Waals surface area contributed by atoms with Gasteiger partial charge in [0.05, 0.1) is 25.5 Å². The third kappa shape index (κ3) is 15.2. The van der Waals surface area contributed by atoms with Gasteiger partial charge in [-0.05, 0) is 87.7 Å². The second kappa shape index (κ2) is 27.2. The van der Waals surface area contributed by atoms with E-state index in [1.54, 1.807) is 43.4 Å². The van der Waals surface area contributed by atoms with E-state index in [2.05, 4.69) is 31.3 Å². The fourth-order valence-corrected chi connectivity index (χ4v) is 10.1. The maximum atomic E-state index is 13.4. The monoisotopic (exact) mass is 1160 g/mol. The van der Waals surface area contributed by atoms with Gasteiger partial charge in [-0.25, -0.2) is 19.2 Å². The number of alkyl carbamates (subject to hydrolysis) is 1. The number of urea groups is 1. The lowest BCUT2D eigenvalue weighted by Gasteiger charge is -2.29. The molecule has 0 saturated carbocycles. The first-order chi connectivity index (χ1) is 40.1. The van der Waals surface area contributed by atoms with Crippen molar-refractivity contribution in [1.82, 2.24) is 25.8 Å². The number of fused-ring (bicyclic) bond motifs is 4. The Morgan fingerprint density at radius 3 is 2.33 bits per heavy atom. The number of piperidine rings is 1. The van der Waals surface area contributed by atoms with E-state index in [1.165, 1.54) is 21.9 Å². The molecule has 0 aromatic heterocycles. The maximum Gasteiger partial charge on any atom is 0.409 e. The number of hydrogen-bond acceptors (Lipinski definition) is 16. The molecule has 434 valence electrons. The Morgan fingerprint density at radius 1 is 0.819 bits per heavy atom. The number of ether oxygens (including phenoxy) is 7. The molecule has 8 amide bonds. The van der Waals surface area contributed by atoms with E-state index in [9.17, 15) is 43.2 Å². The van der Waals surface area contributed by atoms with Gasteiger partial charge in [-0.1, -0.05) is 84.4 Å². The Bertz CT molecular complexity index is 3280. The summed E-state index contributed by atoms with van der Waals surface area (Å²) in [6.07, 6.45) is -3.08. The van der Waals surface area contributed by atoms with E-state index in [4.69, 9.17) is 40.0 Å². The SMILES string of the molecule is CC(=O)OC(=O)C1COCC(Oc2ccc(COC(=O)N(C)CCOCCc3ccc(NC(=O)NCc4ccc5c(c4)CN(C4CCC(=O)NC4=O)C5=O)cc3Cl)cc2NC(=O)CCNC(=O)OCC2c3ccccc3-c3ccccc32)O1. The number of hydrogen-bond donors (Lipinski definition) is 5. The summed E-state index contributed by atoms with van der Waals surface area (Å²) in [5.74, 6) is -3.46. The standard InChI is InChI=1S/C59H60ClN7O16/c1-34(68)81-56(73)50-32-78-33-53(83-50)82-49-17-12-36(26-47(49)64-52(70)19-21-61-58(75)79-31-45-43-9-5-3-7-41(43)42-8-4-6-10-44(42)45)30-80-59(76)66(2)22-24-77-23-20-37-13-14-39(27-46(37)60)63-57(74)62-28-35-11-15-40-38(25-35)29-67(55(40)72)48-16-18-51(69)65-54(48)71/h3-15,17,25-27,45,48,50,53H,16,18-24,28-33H2,1-2H3,(H,61,75)(H,64,70)(H2,62,63,74)(H,65,69,71). The van der Waals surface area contributed by atoms with Crippen molar-refractivity contribution < 1.29 is 76.3 Å². The molecule has 2 fully saturated rings. The molecule has 0 radical (unpaired) electrons. The van der Waals surface area contributed by atoms with Crippen LogP contribution in [0.25, 0.3) is 11.1 Å². The Morgan fingerprint density at radius 2 is 1.58 bits per heavy atom. The molecule has 24 heteroatoms. The van der Waals surface area contributed by atoms with Gasteiger partial charge in [-0.3, -0.25) is 29.3 Å². The van der Waals surface area contributed by atoms with Crippen molar-refractivity contribution >= 4 is 76.8 Å². The Hall–Kier alpha value is -8.90. The number of nitrogens with zero attached hydrogens (tertiary/aromatic N) is 2. The van der Waals surface area contributed by atoms with Crippen molar-refractivity contribution in [3.05, 3.63) is 147 Å². The smallest absolute Gasteiger partial charge is 0.409 e. The number of rotatable bonds is 21. The predicted molar refractivity (Wildman–Crippen MR) is 297 cm³/mol. The summed E-state index contributed by atoms with van der Waals surface area (Å²) >= 11 is 6.57. The molecule has 1 aliphatic carbocycles. The van der Waals surface area contributed by atoms with Gasteiger partial charge in [0.2, 0.25) is 24.0 Å². The minimum atomic E-state index is -1.26. The number of carbonyl (C=O) groups excluding carboxylic acids is 9. The first-order valence-electron chi connectivity index (χ1n) is 26.8. The molecule has 5 N–H and O–H groups in total. The molecule has 0 spiro atoms. The minimum absolute atomic E-state index is 0.0712. The average Bonchev–Trinajstić information content (AvgIpc) is 3.52. The lowest BCUT2D eigenvalue weighted by Crippen LogP contribution is -2.52. The highest BCUT2D eigenvalue weighted by atomic mass is 35.5. The van der Waals surface area contributed by atoms with Crippen LogP contribution >= 0.6 is 11.6 Å². The van der Waals surface area contributed by atoms with Crippen LogP contribution in [-0.2, 0) is 78.5 Å². The second-order valence-electron chi connectivity index (χ2n) is 19.8. The van der Waals surface area contributed by atoms with Gasteiger partial charge in [0, 0.05) is 75.2 Å². The van der Waals surface area contributed by atoms with Crippen molar-refractivity contribution in [1.29, 1.82) is 0 Å². The van der Waals surface area contributed by atoms with Gasteiger partial charge in [-0.2, -0.15) is 0 Å². The van der Waals surface area contributed by atoms with E-state index in [0.717, 1.165) is 45.9 Å². The Balaban J connectivity index is 0.703. The summed E-state index contributed by atoms with van der Waals surface area (Å²) in [6, 6.07) is 29.6. The van der Waals surface area contributed by atoms with Gasteiger partial charge in [0.1, 0.15) is 31.6 Å². The zero-order chi connectivity index (χ0) is 58.6. The number of nitrogens with one attached hydrogen (secondary N) is 5. The average molecular weight is 1160 g/mol. The number of anilines is 2. The highest BCUT2D eigenvalue weighted by molar-refractivity contribution is 6.31. The molecule has 4 aliphatic rings. The van der Waals surface area contributed by atoms with Crippen molar-refractivity contribution in [3.8, 4) is 16.9 Å². The van der Waals surface area contributed by atoms with Crippen molar-refractivity contribution in [2.24, 2.45) is 0 Å². The molecule has 23 nitrogen and oxygen atoms in total. The first-order valence-corrected chi connectivity index (χ1v) is 27.1. The van der Waals surface area contributed by atoms with Crippen LogP contribution in [-0.4, -0.2) is 135 Å². The molecule has 3 aliphatic heterocycles. The number of benzene rings is 5. The molecule has 5 aromatic rings. The minimum Gasteiger partial charge on any atom is -0.460 e. The van der Waals surface area contributed by atoms with Crippen molar-refractivity contribution in [2.75, 3.05) is 63.8 Å². The number of amides is 8. The summed E-state index contributed by atoms with van der Waals surface area (Å²) in [5, 5.41) is 13.6. The van der Waals surface area contributed by atoms with Gasteiger partial charge in [0.25, 0.3) is 5.91 Å². The number of halogens is 1. The highest BCUT2D eigenvalue weighted by Crippen LogP contribution is 2.44. The molecule has 0 bridgehead atoms. The van der Waals surface area contributed by atoms with Crippen LogP contribution in [0.2, 0.25) is 5.02 Å². The van der Waals surface area contributed by atoms with Crippen LogP contribution < -0.4 is 31.3 Å². The van der Waals surface area contributed by atoms with Crippen LogP contribution in [0.1, 0.15) is 75.8 Å². The fraction of sp³-hybridized carbons (Fsp3) is 0.339. The van der Waals surface area contributed by atoms with Gasteiger partial charge < -0.3 is 64.2 Å². The molecular weight excluding hydrogens is 1100 g/mol. The third-order valence-corrected chi connectivity index (χ3v) is 14.4. The van der Waals surface area contributed by atoms with E-state index < -0.39 is 60.4 Å². The molecule has 3 unspecified atom stereocenters. The van der Waals surface area contributed by atoms with Crippen molar-refractivity contribution in [3.63, 3.8) is 0 Å². The topological polar surface area (TPSA) is 285 Å². The highest BCUT2D eigenvalue weighted by Gasteiger charge is 2.39. The number of esters is 2. The number of imide groups is 1. The lowest BCUT2D eigenvalue weighted by atomic mass is 9.98. The van der Waals surface area contributed by atoms with Crippen LogP contribution in [0.5, 0.6) is 5.75 Å². The van der Waals surface area contributed by atoms with Crippen LogP contribution in [0.3, 0.4) is 0 Å². The predicted octanol–water partition coefficient (Wildman–Crippen LogP) is 6.33. The van der Waals surface area contributed by atoms with Crippen molar-refractivity contribution in [2.45, 2.75) is 76.7 Å². The molecule has 3 atom stereocenters. The second-order valence-corrected chi connectivity index (χ2v) is 20.3. The molecule has 2 saturated heterocycles. The van der Waals surface area contributed by atoms with Crippen LogP contribution in [0, 0.1) is 0 Å². The molecule has 5 aromatic carbocycles. The molecule has 83 heavy (non-hydrogen) atoms. The van der Waals surface area contributed by atoms with Gasteiger partial charge in [-0.15, -0.1) is 0 Å². The molecular formula is C59H60ClN7O16. The summed E-state index contributed by atoms with van der Waals surface area (Å²) < 4.78 is 38.8. The molecule has 9 rings (SSSR count). The number of likely N-dealkylation sites (N-methyl/N-ethyl adjacent to an activating group) is 1. The van der Waals surface area contributed by atoms with Crippen LogP contribution in [0.15, 0.2) is 103 Å². The maximum absolute atomic E-state index is 13.4. The fourth-order valence-electron chi connectivity index (χ4n) is 9.83. The van der Waals surface area contributed by atoms with Gasteiger partial charge in [0.15, 0.2) is 6.10 Å². The molecule has 3 heterocycles. The summed E-state index contributed by atoms with van der Waals surface area (Å²) in [5.41, 5.74) is 8.07. The zero-order valence-electron chi connectivity index (χ0n) is 45.3. The Kier molecular flexibility index (Phi) is 19.3. The van der Waals surface area contributed by atoms with E-state index in [1.807, 2.05) is 54.6 Å². The summed E-state index contributed by atoms with van der Waals surface area (Å²) in [6.45, 7) is 1.59. The largest absolute Gasteiger partial charge is 0.460 e. The summed E-state index contributed by atoms with van der Waals surface area (Å²) in [4.78, 5) is 116. The zero-order valence-corrected chi connectivity index (χ0v) is 46.1. The lowest BCUT2D eigenvalue weighted by molar-refractivity contribution is -0.219. The Labute approximate surface area is 481 Å². The van der Waals surface area contributed by atoms with Crippen LogP contribution in [0.4, 0.5) is 25.8 Å². The first kappa shape index (κ1) is 58.7. The quantitative estimate of drug-likeness (QED) is 0.0176. The van der Waals surface area contributed by atoms with Gasteiger partial charge >= 0.3 is 30.2 Å².